The van der Waals surface area contributed by atoms with Gasteiger partial charge < -0.3 is 9.84 Å². The van der Waals surface area contributed by atoms with Gasteiger partial charge in [-0.1, -0.05) is 35.5 Å². The minimum atomic E-state index is -5.08. The third kappa shape index (κ3) is 6.27. The largest absolute Gasteiger partial charge is 0.496 e. The average molecular weight is 534 g/mol. The van der Waals surface area contributed by atoms with Gasteiger partial charge in [-0.05, 0) is 30.6 Å². The van der Waals surface area contributed by atoms with Crippen LogP contribution in [0.15, 0.2) is 60.1 Å². The van der Waals surface area contributed by atoms with Crippen LogP contribution >= 0.6 is 11.3 Å². The minimum absolute atomic E-state index is 0.230. The number of hydrogen-bond donors (Lipinski definition) is 1. The number of aromatic nitrogens is 3. The molecule has 1 aromatic carbocycles. The number of halogens is 3. The number of alkyl halides is 3. The summed E-state index contributed by atoms with van der Waals surface area (Å²) in [6.45, 7) is 4.05. The molecule has 4 aromatic rings. The van der Waals surface area contributed by atoms with Crippen LogP contribution in [-0.4, -0.2) is 75.7 Å². The standard InChI is InChI=1S/C23H25N5OS.C2HF3O2/c1-26-11-12-27(15-18-6-5-13-30-18)16-21(26)23-20-10-9-17(14-28(20)25-24-23)19-7-3-4-8-22(19)29-2;3-2(4,5)1(6)7/h3-10,13-14,21H,11-12,15-16H2,1-2H3;(H,6,7). The van der Waals surface area contributed by atoms with E-state index < -0.39 is 12.1 Å². The molecule has 12 heteroatoms. The fraction of sp³-hybridized carbons (Fsp3) is 0.320. The SMILES string of the molecule is COc1ccccc1-c1ccc2c(C3CN(Cc4cccs4)CCN3C)nnn2c1.O=C(O)C(F)(F)F. The van der Waals surface area contributed by atoms with Crippen molar-refractivity contribution in [2.45, 2.75) is 18.8 Å². The van der Waals surface area contributed by atoms with Gasteiger partial charge in [-0.3, -0.25) is 9.80 Å². The van der Waals surface area contributed by atoms with E-state index in [0.717, 1.165) is 54.3 Å². The quantitative estimate of drug-likeness (QED) is 0.402. The van der Waals surface area contributed by atoms with Crippen LogP contribution in [0.2, 0.25) is 0 Å². The molecule has 0 saturated carbocycles. The summed E-state index contributed by atoms with van der Waals surface area (Å²) < 4.78 is 39.2. The molecule has 1 unspecified atom stereocenters. The van der Waals surface area contributed by atoms with Gasteiger partial charge in [0.25, 0.3) is 0 Å². The molecule has 0 spiro atoms. The number of carboxylic acids is 1. The number of para-hydroxylation sites is 1. The second-order valence-electron chi connectivity index (χ2n) is 8.54. The van der Waals surface area contributed by atoms with Crippen LogP contribution in [0.3, 0.4) is 0 Å². The molecule has 1 aliphatic rings. The lowest BCUT2D eigenvalue weighted by Crippen LogP contribution is -2.46. The van der Waals surface area contributed by atoms with E-state index in [2.05, 4.69) is 62.9 Å². The average Bonchev–Trinajstić information content (AvgIpc) is 3.54. The van der Waals surface area contributed by atoms with Crippen LogP contribution < -0.4 is 4.74 Å². The lowest BCUT2D eigenvalue weighted by Gasteiger charge is -2.38. The van der Waals surface area contributed by atoms with Gasteiger partial charge in [0, 0.05) is 48.4 Å². The molecule has 1 atom stereocenters. The summed E-state index contributed by atoms with van der Waals surface area (Å²) in [5, 5.41) is 18.3. The normalized spacial score (nSPS) is 16.8. The third-order valence-corrected chi connectivity index (χ3v) is 6.97. The molecule has 196 valence electrons. The van der Waals surface area contributed by atoms with Crippen LogP contribution in [0.4, 0.5) is 13.2 Å². The summed E-state index contributed by atoms with van der Waals surface area (Å²) >= 11 is 1.82. The van der Waals surface area contributed by atoms with Gasteiger partial charge in [0.15, 0.2) is 0 Å². The van der Waals surface area contributed by atoms with Crippen LogP contribution in [0.1, 0.15) is 16.6 Å². The minimum Gasteiger partial charge on any atom is -0.496 e. The maximum Gasteiger partial charge on any atom is 0.490 e. The number of likely N-dealkylation sites (N-methyl/N-ethyl adjacent to an activating group) is 1. The number of methoxy groups -OCH3 is 1. The van der Waals surface area contributed by atoms with Gasteiger partial charge >= 0.3 is 12.1 Å². The zero-order valence-electron chi connectivity index (χ0n) is 20.2. The first-order chi connectivity index (χ1) is 17.7. The van der Waals surface area contributed by atoms with Crippen molar-refractivity contribution in [3.8, 4) is 16.9 Å². The lowest BCUT2D eigenvalue weighted by molar-refractivity contribution is -0.192. The zero-order valence-corrected chi connectivity index (χ0v) is 21.0. The first kappa shape index (κ1) is 26.6. The lowest BCUT2D eigenvalue weighted by atomic mass is 10.0. The van der Waals surface area contributed by atoms with E-state index in [1.807, 2.05) is 40.2 Å². The number of nitrogens with zero attached hydrogens (tertiary/aromatic N) is 5. The third-order valence-electron chi connectivity index (χ3n) is 6.11. The Labute approximate surface area is 215 Å². The predicted molar refractivity (Wildman–Crippen MR) is 134 cm³/mol. The number of pyridine rings is 1. The number of carboxylic acid groups (broad SMARTS) is 1. The first-order valence-electron chi connectivity index (χ1n) is 11.4. The maximum atomic E-state index is 10.6. The molecule has 0 bridgehead atoms. The Bertz CT molecular complexity index is 1340. The number of carbonyl (C=O) groups is 1. The molecule has 0 radical (unpaired) electrons. The van der Waals surface area contributed by atoms with E-state index in [1.165, 1.54) is 4.88 Å². The topological polar surface area (TPSA) is 83.2 Å². The zero-order chi connectivity index (χ0) is 26.6. The molecule has 1 aliphatic heterocycles. The Morgan fingerprint density at radius 2 is 1.92 bits per heavy atom. The molecule has 1 fully saturated rings. The molecular formula is C25H26F3N5O3S. The van der Waals surface area contributed by atoms with E-state index >= 15 is 0 Å². The number of rotatable bonds is 5. The van der Waals surface area contributed by atoms with Crippen LogP contribution in [0.5, 0.6) is 5.75 Å². The van der Waals surface area contributed by atoms with Gasteiger partial charge in [0.1, 0.15) is 11.4 Å². The number of piperazine rings is 1. The maximum absolute atomic E-state index is 10.6. The Balaban J connectivity index is 0.000000405. The molecule has 37 heavy (non-hydrogen) atoms. The molecule has 3 aromatic heterocycles. The Morgan fingerprint density at radius 1 is 1.16 bits per heavy atom. The summed E-state index contributed by atoms with van der Waals surface area (Å²) in [5.74, 6) is -1.90. The highest BCUT2D eigenvalue weighted by Gasteiger charge is 2.38. The van der Waals surface area contributed by atoms with Gasteiger partial charge in [0.05, 0.1) is 18.7 Å². The number of aliphatic carboxylic acids is 1. The summed E-state index contributed by atoms with van der Waals surface area (Å²) in [5.41, 5.74) is 4.21. The van der Waals surface area contributed by atoms with E-state index in [0.29, 0.717) is 0 Å². The van der Waals surface area contributed by atoms with E-state index in [9.17, 15) is 13.2 Å². The van der Waals surface area contributed by atoms with Gasteiger partial charge in [-0.15, -0.1) is 16.4 Å². The predicted octanol–water partition coefficient (Wildman–Crippen LogP) is 4.59. The Hall–Kier alpha value is -3.48. The summed E-state index contributed by atoms with van der Waals surface area (Å²) in [6.07, 6.45) is -3.05. The van der Waals surface area contributed by atoms with E-state index in [1.54, 1.807) is 7.11 Å². The molecule has 4 heterocycles. The van der Waals surface area contributed by atoms with Crippen molar-refractivity contribution in [3.05, 3.63) is 70.7 Å². The molecule has 0 aliphatic carbocycles. The van der Waals surface area contributed by atoms with Crippen molar-refractivity contribution < 1.29 is 27.8 Å². The number of thiophene rings is 1. The van der Waals surface area contributed by atoms with Crippen LogP contribution in [0, 0.1) is 0 Å². The number of hydrogen-bond acceptors (Lipinski definition) is 7. The molecule has 0 amide bonds. The van der Waals surface area contributed by atoms with Crippen molar-refractivity contribution in [3.63, 3.8) is 0 Å². The number of benzene rings is 1. The molecule has 1 N–H and O–H groups in total. The van der Waals surface area contributed by atoms with Crippen LogP contribution in [0.25, 0.3) is 16.6 Å². The highest BCUT2D eigenvalue weighted by Crippen LogP contribution is 2.32. The fourth-order valence-electron chi connectivity index (χ4n) is 4.19. The second-order valence-corrected chi connectivity index (χ2v) is 9.57. The number of fused-ring (bicyclic) bond motifs is 1. The molecular weight excluding hydrogens is 507 g/mol. The van der Waals surface area contributed by atoms with Crippen LogP contribution in [-0.2, 0) is 11.3 Å². The molecule has 5 rings (SSSR count). The number of ether oxygens (including phenoxy) is 1. The second kappa shape index (κ2) is 11.3. The van der Waals surface area contributed by atoms with E-state index in [-0.39, 0.29) is 6.04 Å². The van der Waals surface area contributed by atoms with Crippen molar-refractivity contribution in [1.82, 2.24) is 24.6 Å². The van der Waals surface area contributed by atoms with Crippen molar-refractivity contribution in [2.24, 2.45) is 0 Å². The summed E-state index contributed by atoms with van der Waals surface area (Å²) in [6, 6.07) is 16.9. The van der Waals surface area contributed by atoms with Crippen molar-refractivity contribution in [1.29, 1.82) is 0 Å². The molecule has 8 nitrogen and oxygen atoms in total. The highest BCUT2D eigenvalue weighted by atomic mass is 32.1. The Kier molecular flexibility index (Phi) is 8.10. The first-order valence-corrected chi connectivity index (χ1v) is 12.3. The summed E-state index contributed by atoms with van der Waals surface area (Å²) in [4.78, 5) is 15.2. The summed E-state index contributed by atoms with van der Waals surface area (Å²) in [7, 11) is 3.88. The van der Waals surface area contributed by atoms with Gasteiger partial charge in [-0.25, -0.2) is 9.31 Å². The monoisotopic (exact) mass is 533 g/mol. The fourth-order valence-corrected chi connectivity index (χ4v) is 4.93. The van der Waals surface area contributed by atoms with Gasteiger partial charge in [-0.2, -0.15) is 13.2 Å². The van der Waals surface area contributed by atoms with Gasteiger partial charge in [0.2, 0.25) is 0 Å². The van der Waals surface area contributed by atoms with Crippen molar-refractivity contribution >= 4 is 22.8 Å². The molecule has 1 saturated heterocycles. The Morgan fingerprint density at radius 3 is 2.59 bits per heavy atom. The highest BCUT2D eigenvalue weighted by molar-refractivity contribution is 7.09. The van der Waals surface area contributed by atoms with E-state index in [4.69, 9.17) is 14.6 Å². The van der Waals surface area contributed by atoms with Crippen molar-refractivity contribution in [2.75, 3.05) is 33.8 Å². The smallest absolute Gasteiger partial charge is 0.490 e.